The highest BCUT2D eigenvalue weighted by Gasteiger charge is 2.23. The Morgan fingerprint density at radius 3 is 2.32 bits per heavy atom. The van der Waals surface area contributed by atoms with Crippen LogP contribution in [-0.2, 0) is 11.2 Å². The Kier molecular flexibility index (Phi) is 7.32. The molecule has 0 radical (unpaired) electrons. The molecule has 34 heavy (non-hydrogen) atoms. The molecule has 0 saturated carbocycles. The molecule has 2 N–H and O–H groups in total. The van der Waals surface area contributed by atoms with Crippen LogP contribution in [-0.4, -0.2) is 24.4 Å². The lowest BCUT2D eigenvalue weighted by Crippen LogP contribution is -2.48. The summed E-state index contributed by atoms with van der Waals surface area (Å²) in [6, 6.07) is 32.3. The first-order valence-electron chi connectivity index (χ1n) is 11.2. The van der Waals surface area contributed by atoms with Crippen molar-refractivity contribution in [3.05, 3.63) is 108 Å². The first-order valence-corrected chi connectivity index (χ1v) is 11.2. The number of amides is 2. The number of carbonyl (C=O) groups is 2. The quantitative estimate of drug-likeness (QED) is 0.378. The Hall–Kier alpha value is -4.43. The highest BCUT2D eigenvalue weighted by Crippen LogP contribution is 2.24. The molecule has 5 heteroatoms. The van der Waals surface area contributed by atoms with Gasteiger partial charge in [0, 0.05) is 18.5 Å². The van der Waals surface area contributed by atoms with Crippen LogP contribution in [0.3, 0.4) is 0 Å². The number of rotatable bonds is 8. The summed E-state index contributed by atoms with van der Waals surface area (Å²) >= 11 is 0. The van der Waals surface area contributed by atoms with Crippen LogP contribution < -0.4 is 10.6 Å². The summed E-state index contributed by atoms with van der Waals surface area (Å²) in [5.74, 6) is -0.630. The van der Waals surface area contributed by atoms with Gasteiger partial charge in [-0.25, -0.2) is 0 Å². The number of carbonyl (C=O) groups excluding carboxylic acids is 2. The van der Waals surface area contributed by atoms with Gasteiger partial charge in [0.25, 0.3) is 5.91 Å². The maximum absolute atomic E-state index is 13.3. The van der Waals surface area contributed by atoms with Gasteiger partial charge in [0.1, 0.15) is 6.04 Å². The molecular weight excluding hydrogens is 422 g/mol. The molecule has 2 amide bonds. The molecule has 0 aliphatic heterocycles. The summed E-state index contributed by atoms with van der Waals surface area (Å²) in [4.78, 5) is 26.3. The van der Waals surface area contributed by atoms with E-state index >= 15 is 0 Å². The van der Waals surface area contributed by atoms with E-state index in [2.05, 4.69) is 10.6 Å². The molecule has 0 aromatic heterocycles. The van der Waals surface area contributed by atoms with E-state index in [9.17, 15) is 9.59 Å². The Bertz CT molecular complexity index is 1340. The fraction of sp³-hybridized carbons (Fsp3) is 0.138. The largest absolute Gasteiger partial charge is 0.353 e. The maximum atomic E-state index is 13.3. The van der Waals surface area contributed by atoms with Gasteiger partial charge in [0.15, 0.2) is 0 Å². The second-order valence-corrected chi connectivity index (χ2v) is 8.02. The van der Waals surface area contributed by atoms with Crippen molar-refractivity contribution in [1.82, 2.24) is 10.6 Å². The molecule has 5 nitrogen and oxygen atoms in total. The average Bonchev–Trinajstić information content (AvgIpc) is 2.88. The summed E-state index contributed by atoms with van der Waals surface area (Å²) in [5, 5.41) is 16.7. The van der Waals surface area contributed by atoms with E-state index in [0.717, 1.165) is 27.5 Å². The summed E-state index contributed by atoms with van der Waals surface area (Å²) < 4.78 is 0. The first kappa shape index (κ1) is 22.8. The van der Waals surface area contributed by atoms with E-state index in [4.69, 9.17) is 5.26 Å². The Labute approximate surface area is 199 Å². The molecule has 4 rings (SSSR count). The van der Waals surface area contributed by atoms with E-state index in [-0.39, 0.29) is 24.8 Å². The minimum atomic E-state index is -0.781. The number of nitriles is 1. The van der Waals surface area contributed by atoms with Gasteiger partial charge < -0.3 is 10.6 Å². The lowest BCUT2D eigenvalue weighted by molar-refractivity contribution is -0.122. The van der Waals surface area contributed by atoms with Crippen LogP contribution in [0.2, 0.25) is 0 Å². The molecule has 1 unspecified atom stereocenters. The minimum Gasteiger partial charge on any atom is -0.353 e. The zero-order valence-corrected chi connectivity index (χ0v) is 18.7. The third kappa shape index (κ3) is 5.48. The third-order valence-corrected chi connectivity index (χ3v) is 5.67. The van der Waals surface area contributed by atoms with E-state index < -0.39 is 6.04 Å². The molecular formula is C29H25N3O2. The fourth-order valence-corrected chi connectivity index (χ4v) is 3.96. The predicted molar refractivity (Wildman–Crippen MR) is 134 cm³/mol. The van der Waals surface area contributed by atoms with Crippen molar-refractivity contribution >= 4 is 22.6 Å². The van der Waals surface area contributed by atoms with Crippen molar-refractivity contribution in [1.29, 1.82) is 5.26 Å². The summed E-state index contributed by atoms with van der Waals surface area (Å²) in [6.45, 7) is 0.236. The smallest absolute Gasteiger partial charge is 0.252 e. The van der Waals surface area contributed by atoms with Crippen LogP contribution in [0.5, 0.6) is 0 Å². The number of benzene rings is 4. The Balaban J connectivity index is 1.60. The van der Waals surface area contributed by atoms with Crippen molar-refractivity contribution in [2.24, 2.45) is 0 Å². The molecule has 4 aromatic carbocycles. The molecule has 0 saturated heterocycles. The van der Waals surface area contributed by atoms with Crippen LogP contribution in [0.4, 0.5) is 0 Å². The topological polar surface area (TPSA) is 82.0 Å². The molecule has 0 aliphatic carbocycles. The summed E-state index contributed by atoms with van der Waals surface area (Å²) in [7, 11) is 0. The molecule has 0 aliphatic rings. The SMILES string of the molecule is N#CCCNC(=O)C(Cc1ccc2ccccc2c1)NC(=O)c1ccccc1-c1ccccc1. The molecule has 0 heterocycles. The van der Waals surface area contributed by atoms with Gasteiger partial charge in [0.2, 0.25) is 5.91 Å². The van der Waals surface area contributed by atoms with Crippen LogP contribution in [0.1, 0.15) is 22.3 Å². The van der Waals surface area contributed by atoms with Gasteiger partial charge in [0.05, 0.1) is 12.5 Å². The highest BCUT2D eigenvalue weighted by molar-refractivity contribution is 6.03. The van der Waals surface area contributed by atoms with Gasteiger partial charge >= 0.3 is 0 Å². The van der Waals surface area contributed by atoms with Crippen LogP contribution in [0, 0.1) is 11.3 Å². The number of nitrogens with one attached hydrogen (secondary N) is 2. The van der Waals surface area contributed by atoms with E-state index in [1.807, 2.05) is 97.1 Å². The van der Waals surface area contributed by atoms with Gasteiger partial charge in [-0.2, -0.15) is 5.26 Å². The van der Waals surface area contributed by atoms with Crippen molar-refractivity contribution in [3.63, 3.8) is 0 Å². The third-order valence-electron chi connectivity index (χ3n) is 5.67. The Morgan fingerprint density at radius 1 is 0.824 bits per heavy atom. The second kappa shape index (κ2) is 10.9. The van der Waals surface area contributed by atoms with Gasteiger partial charge in [-0.3, -0.25) is 9.59 Å². The molecule has 0 spiro atoms. The Morgan fingerprint density at radius 2 is 1.53 bits per heavy atom. The zero-order valence-electron chi connectivity index (χ0n) is 18.7. The fourth-order valence-electron chi connectivity index (χ4n) is 3.96. The summed E-state index contributed by atoms with van der Waals surface area (Å²) in [5.41, 5.74) is 3.17. The van der Waals surface area contributed by atoms with Crippen LogP contribution in [0.15, 0.2) is 97.1 Å². The van der Waals surface area contributed by atoms with Gasteiger partial charge in [-0.05, 0) is 33.5 Å². The van der Waals surface area contributed by atoms with Crippen molar-refractivity contribution in [3.8, 4) is 17.2 Å². The van der Waals surface area contributed by atoms with E-state index in [0.29, 0.717) is 12.0 Å². The van der Waals surface area contributed by atoms with Crippen molar-refractivity contribution < 1.29 is 9.59 Å². The molecule has 1 atom stereocenters. The number of hydrogen-bond acceptors (Lipinski definition) is 3. The van der Waals surface area contributed by atoms with Crippen molar-refractivity contribution in [2.75, 3.05) is 6.54 Å². The molecule has 0 bridgehead atoms. The molecule has 168 valence electrons. The first-order chi connectivity index (χ1) is 16.7. The standard InChI is InChI=1S/C29H25N3O2/c30-17-8-18-31-29(34)27(20-21-15-16-22-9-4-5-12-24(22)19-21)32-28(33)26-14-7-6-13-25(26)23-10-2-1-3-11-23/h1-7,9-16,19,27H,8,18,20H2,(H,31,34)(H,32,33). The maximum Gasteiger partial charge on any atom is 0.252 e. The average molecular weight is 448 g/mol. The molecule has 4 aromatic rings. The number of fused-ring (bicyclic) bond motifs is 1. The molecule has 0 fully saturated rings. The lowest BCUT2D eigenvalue weighted by atomic mass is 9.98. The van der Waals surface area contributed by atoms with E-state index in [1.54, 1.807) is 6.07 Å². The number of hydrogen-bond donors (Lipinski definition) is 2. The zero-order chi connectivity index (χ0) is 23.8. The van der Waals surface area contributed by atoms with Crippen LogP contribution in [0.25, 0.3) is 21.9 Å². The monoisotopic (exact) mass is 447 g/mol. The lowest BCUT2D eigenvalue weighted by Gasteiger charge is -2.20. The highest BCUT2D eigenvalue weighted by atomic mass is 16.2. The van der Waals surface area contributed by atoms with Crippen LogP contribution >= 0.6 is 0 Å². The van der Waals surface area contributed by atoms with E-state index in [1.165, 1.54) is 0 Å². The van der Waals surface area contributed by atoms with Gasteiger partial charge in [-0.1, -0.05) is 91.0 Å². The second-order valence-electron chi connectivity index (χ2n) is 8.02. The normalized spacial score (nSPS) is 11.4. The minimum absolute atomic E-state index is 0.208. The van der Waals surface area contributed by atoms with Gasteiger partial charge in [-0.15, -0.1) is 0 Å². The predicted octanol–water partition coefficient (Wildman–Crippen LogP) is 4.88. The van der Waals surface area contributed by atoms with Crippen molar-refractivity contribution in [2.45, 2.75) is 18.9 Å². The summed E-state index contributed by atoms with van der Waals surface area (Å²) in [6.07, 6.45) is 0.543. The number of nitrogens with zero attached hydrogens (tertiary/aromatic N) is 1.